The van der Waals surface area contributed by atoms with Crippen molar-refractivity contribution in [1.82, 2.24) is 19.9 Å². The zero-order chi connectivity index (χ0) is 19.4. The van der Waals surface area contributed by atoms with Crippen LogP contribution in [0.25, 0.3) is 0 Å². The Balaban J connectivity index is 1.60. The van der Waals surface area contributed by atoms with Crippen LogP contribution in [0.15, 0.2) is 36.9 Å². The quantitative estimate of drug-likeness (QED) is 0.721. The fraction of sp³-hybridized carbons (Fsp3) is 0.444. The third-order valence-electron chi connectivity index (χ3n) is 4.79. The second kappa shape index (κ2) is 7.99. The van der Waals surface area contributed by atoms with E-state index in [0.29, 0.717) is 17.9 Å². The van der Waals surface area contributed by atoms with Gasteiger partial charge in [-0.05, 0) is 30.5 Å². The molecule has 1 fully saturated rings. The fourth-order valence-corrected chi connectivity index (χ4v) is 4.80. The average molecular weight is 389 g/mol. The van der Waals surface area contributed by atoms with Gasteiger partial charge in [0.05, 0.1) is 17.1 Å². The minimum Gasteiger partial charge on any atom is -0.344 e. The number of anilines is 1. The number of likely N-dealkylation sites (N-methyl/N-ethyl adjacent to an activating group) is 1. The number of carbonyl (C=O) groups excluding carboxylic acids is 1. The molecule has 1 amide bonds. The van der Waals surface area contributed by atoms with Gasteiger partial charge in [0.2, 0.25) is 5.95 Å². The van der Waals surface area contributed by atoms with Crippen molar-refractivity contribution in [3.63, 3.8) is 0 Å². The Labute approximate surface area is 159 Å². The lowest BCUT2D eigenvalue weighted by atomic mass is 10.2. The van der Waals surface area contributed by atoms with E-state index in [-0.39, 0.29) is 23.5 Å². The number of sulfone groups is 1. The van der Waals surface area contributed by atoms with Gasteiger partial charge >= 0.3 is 0 Å². The third-order valence-corrected chi connectivity index (χ3v) is 6.54. The molecule has 9 heteroatoms. The van der Waals surface area contributed by atoms with Gasteiger partial charge < -0.3 is 9.80 Å². The summed E-state index contributed by atoms with van der Waals surface area (Å²) in [6, 6.07) is 3.65. The predicted molar refractivity (Wildman–Crippen MR) is 102 cm³/mol. The molecule has 8 nitrogen and oxygen atoms in total. The van der Waals surface area contributed by atoms with Crippen LogP contribution in [0.2, 0.25) is 0 Å². The second-order valence-electron chi connectivity index (χ2n) is 6.77. The molecule has 27 heavy (non-hydrogen) atoms. The minimum atomic E-state index is -3.04. The largest absolute Gasteiger partial charge is 0.344 e. The van der Waals surface area contributed by atoms with Crippen molar-refractivity contribution in [2.24, 2.45) is 0 Å². The van der Waals surface area contributed by atoms with E-state index in [9.17, 15) is 13.2 Å². The summed E-state index contributed by atoms with van der Waals surface area (Å²) in [5, 5.41) is 0. The Morgan fingerprint density at radius 1 is 1.19 bits per heavy atom. The molecule has 0 aromatic carbocycles. The van der Waals surface area contributed by atoms with E-state index >= 15 is 0 Å². The Morgan fingerprint density at radius 3 is 2.44 bits per heavy atom. The van der Waals surface area contributed by atoms with Crippen molar-refractivity contribution in [2.45, 2.75) is 18.9 Å². The number of aromatic nitrogens is 3. The maximum Gasteiger partial charge on any atom is 0.257 e. The van der Waals surface area contributed by atoms with Crippen molar-refractivity contribution >= 4 is 21.7 Å². The van der Waals surface area contributed by atoms with E-state index in [1.807, 2.05) is 24.1 Å². The first-order valence-corrected chi connectivity index (χ1v) is 10.6. The van der Waals surface area contributed by atoms with Crippen LogP contribution >= 0.6 is 0 Å². The molecule has 1 saturated heterocycles. The third kappa shape index (κ3) is 4.79. The zero-order valence-electron chi connectivity index (χ0n) is 15.4. The molecule has 0 radical (unpaired) electrons. The summed E-state index contributed by atoms with van der Waals surface area (Å²) in [6.45, 7) is 0.733. The number of pyridine rings is 1. The van der Waals surface area contributed by atoms with Gasteiger partial charge in [0, 0.05) is 51.5 Å². The normalized spacial score (nSPS) is 18.2. The van der Waals surface area contributed by atoms with Crippen molar-refractivity contribution in [3.05, 3.63) is 48.0 Å². The lowest BCUT2D eigenvalue weighted by Gasteiger charge is -2.23. The van der Waals surface area contributed by atoms with Crippen molar-refractivity contribution in [1.29, 1.82) is 0 Å². The van der Waals surface area contributed by atoms with Gasteiger partial charge in [0.15, 0.2) is 9.84 Å². The lowest BCUT2D eigenvalue weighted by molar-refractivity contribution is 0.0747. The van der Waals surface area contributed by atoms with E-state index in [4.69, 9.17) is 0 Å². The van der Waals surface area contributed by atoms with Crippen molar-refractivity contribution in [3.8, 4) is 0 Å². The molecule has 3 rings (SSSR count). The van der Waals surface area contributed by atoms with E-state index in [0.717, 1.165) is 13.0 Å². The van der Waals surface area contributed by atoms with Gasteiger partial charge in [-0.15, -0.1) is 0 Å². The zero-order valence-corrected chi connectivity index (χ0v) is 16.3. The first kappa shape index (κ1) is 19.2. The Kier molecular flexibility index (Phi) is 5.69. The first-order valence-electron chi connectivity index (χ1n) is 8.75. The van der Waals surface area contributed by atoms with Crippen LogP contribution in [0, 0.1) is 0 Å². The van der Waals surface area contributed by atoms with Crippen molar-refractivity contribution < 1.29 is 13.2 Å². The van der Waals surface area contributed by atoms with E-state index in [1.54, 1.807) is 19.4 Å². The highest BCUT2D eigenvalue weighted by Gasteiger charge is 2.33. The average Bonchev–Trinajstić information content (AvgIpc) is 3.05. The molecule has 1 aliphatic rings. The molecule has 144 valence electrons. The monoisotopic (exact) mass is 389 g/mol. The molecule has 0 saturated carbocycles. The molecular formula is C18H23N5O3S. The summed E-state index contributed by atoms with van der Waals surface area (Å²) in [4.78, 5) is 28.5. The molecule has 2 aromatic rings. The Hall–Kier alpha value is -2.55. The van der Waals surface area contributed by atoms with Crippen LogP contribution in [-0.4, -0.2) is 72.4 Å². The topological polar surface area (TPSA) is 96.4 Å². The maximum atomic E-state index is 12.6. The number of nitrogens with zero attached hydrogens (tertiary/aromatic N) is 5. The molecule has 1 aliphatic heterocycles. The smallest absolute Gasteiger partial charge is 0.257 e. The molecule has 0 N–H and O–H groups in total. The molecule has 0 spiro atoms. The van der Waals surface area contributed by atoms with Crippen LogP contribution < -0.4 is 4.90 Å². The summed E-state index contributed by atoms with van der Waals surface area (Å²) in [6.07, 6.45) is 7.82. The highest BCUT2D eigenvalue weighted by atomic mass is 32.2. The maximum absolute atomic E-state index is 12.6. The van der Waals surface area contributed by atoms with Crippen LogP contribution in [0.4, 0.5) is 5.95 Å². The second-order valence-corrected chi connectivity index (χ2v) is 9.00. The standard InChI is InChI=1S/C18H23N5O3S/c1-22(9-5-14-3-7-19-8-4-14)18-20-11-15(12-21-18)17(24)23(2)16-6-10-27(25,26)13-16/h3-4,7-8,11-12,16H,5-6,9-10,13H2,1-2H3. The molecule has 3 heterocycles. The molecule has 2 aromatic heterocycles. The van der Waals surface area contributed by atoms with Gasteiger partial charge in [-0.3, -0.25) is 9.78 Å². The summed E-state index contributed by atoms with van der Waals surface area (Å²) in [5.41, 5.74) is 1.53. The minimum absolute atomic E-state index is 0.0198. The van der Waals surface area contributed by atoms with Crippen molar-refractivity contribution in [2.75, 3.05) is 37.0 Å². The molecule has 0 bridgehead atoms. The predicted octanol–water partition coefficient (Wildman–Crippen LogP) is 0.810. The first-order chi connectivity index (χ1) is 12.9. The van der Waals surface area contributed by atoms with E-state index in [2.05, 4.69) is 15.0 Å². The van der Waals surface area contributed by atoms with Gasteiger partial charge in [-0.2, -0.15) is 0 Å². The van der Waals surface area contributed by atoms with Crippen LogP contribution in [0.3, 0.4) is 0 Å². The number of hydrogen-bond acceptors (Lipinski definition) is 7. The van der Waals surface area contributed by atoms with Crippen LogP contribution in [0.5, 0.6) is 0 Å². The Bertz CT molecular complexity index is 887. The number of amides is 1. The van der Waals surface area contributed by atoms with Gasteiger partial charge in [0.1, 0.15) is 0 Å². The number of rotatable bonds is 6. The molecular weight excluding hydrogens is 366 g/mol. The number of carbonyl (C=O) groups is 1. The molecule has 1 atom stereocenters. The van der Waals surface area contributed by atoms with Crippen LogP contribution in [0.1, 0.15) is 22.3 Å². The van der Waals surface area contributed by atoms with Gasteiger partial charge in [0.25, 0.3) is 5.91 Å². The van der Waals surface area contributed by atoms with Gasteiger partial charge in [-0.25, -0.2) is 18.4 Å². The van der Waals surface area contributed by atoms with Gasteiger partial charge in [-0.1, -0.05) is 0 Å². The fourth-order valence-electron chi connectivity index (χ4n) is 3.03. The lowest BCUT2D eigenvalue weighted by Crippen LogP contribution is -2.38. The highest BCUT2D eigenvalue weighted by molar-refractivity contribution is 7.91. The molecule has 0 aliphatic carbocycles. The SMILES string of the molecule is CN(CCc1ccncc1)c1ncc(C(=O)N(C)C2CCS(=O)(=O)C2)cn1. The van der Waals surface area contributed by atoms with Crippen LogP contribution in [-0.2, 0) is 16.3 Å². The highest BCUT2D eigenvalue weighted by Crippen LogP contribution is 2.18. The summed E-state index contributed by atoms with van der Waals surface area (Å²) < 4.78 is 23.2. The summed E-state index contributed by atoms with van der Waals surface area (Å²) >= 11 is 0. The van der Waals surface area contributed by atoms with E-state index in [1.165, 1.54) is 22.9 Å². The number of hydrogen-bond donors (Lipinski definition) is 0. The molecule has 1 unspecified atom stereocenters. The summed E-state index contributed by atoms with van der Waals surface area (Å²) in [7, 11) is 0.485. The van der Waals surface area contributed by atoms with E-state index < -0.39 is 9.84 Å². The Morgan fingerprint density at radius 2 is 1.85 bits per heavy atom. The summed E-state index contributed by atoms with van der Waals surface area (Å²) in [5.74, 6) is 0.425.